The fourth-order valence-electron chi connectivity index (χ4n) is 3.41. The molecule has 2 amide bonds. The molecule has 6 nitrogen and oxygen atoms in total. The van der Waals surface area contributed by atoms with Crippen molar-refractivity contribution in [1.82, 2.24) is 10.2 Å². The highest BCUT2D eigenvalue weighted by Gasteiger charge is 2.27. The summed E-state index contributed by atoms with van der Waals surface area (Å²) in [4.78, 5) is 39.5. The summed E-state index contributed by atoms with van der Waals surface area (Å²) in [6, 6.07) is 18.4. The Labute approximate surface area is 176 Å². The number of rotatable bonds is 7. The summed E-state index contributed by atoms with van der Waals surface area (Å²) in [5.41, 5.74) is 1.67. The number of benzene rings is 2. The SMILES string of the molecule is CCOC(=O)CC1C=C(NC(=O)c2ccccc2)C(=O)N(Cc2ccccc2)CC1. The maximum absolute atomic E-state index is 13.2. The van der Waals surface area contributed by atoms with Crippen molar-refractivity contribution < 1.29 is 19.1 Å². The number of hydrogen-bond donors (Lipinski definition) is 1. The van der Waals surface area contributed by atoms with E-state index < -0.39 is 0 Å². The molecule has 0 aromatic heterocycles. The molecule has 0 saturated carbocycles. The van der Waals surface area contributed by atoms with Gasteiger partial charge in [-0.2, -0.15) is 0 Å². The highest BCUT2D eigenvalue weighted by molar-refractivity contribution is 6.03. The Hall–Kier alpha value is -3.41. The molecule has 1 unspecified atom stereocenters. The van der Waals surface area contributed by atoms with Gasteiger partial charge in [0.1, 0.15) is 5.70 Å². The van der Waals surface area contributed by atoms with Gasteiger partial charge in [-0.05, 0) is 37.0 Å². The van der Waals surface area contributed by atoms with Crippen LogP contribution in [0.2, 0.25) is 0 Å². The van der Waals surface area contributed by atoms with Crippen LogP contribution in [0.3, 0.4) is 0 Å². The minimum Gasteiger partial charge on any atom is -0.466 e. The van der Waals surface area contributed by atoms with Gasteiger partial charge >= 0.3 is 5.97 Å². The minimum atomic E-state index is -0.355. The molecule has 0 bridgehead atoms. The second-order valence-corrected chi connectivity index (χ2v) is 7.17. The Balaban J connectivity index is 1.81. The number of carbonyl (C=O) groups is 3. The number of nitrogens with one attached hydrogen (secondary N) is 1. The van der Waals surface area contributed by atoms with Gasteiger partial charge in [-0.25, -0.2) is 0 Å². The summed E-state index contributed by atoms with van der Waals surface area (Å²) in [5.74, 6) is -1.11. The van der Waals surface area contributed by atoms with Gasteiger partial charge in [0, 0.05) is 18.7 Å². The second kappa shape index (κ2) is 10.4. The summed E-state index contributed by atoms with van der Waals surface area (Å²) in [6.07, 6.45) is 2.48. The maximum Gasteiger partial charge on any atom is 0.306 e. The Bertz CT molecular complexity index is 909. The fraction of sp³-hybridized carbons (Fsp3) is 0.292. The molecule has 0 fully saturated rings. The number of nitrogens with zero attached hydrogens (tertiary/aromatic N) is 1. The minimum absolute atomic E-state index is 0.172. The van der Waals surface area contributed by atoms with Crippen LogP contribution in [-0.4, -0.2) is 35.8 Å². The van der Waals surface area contributed by atoms with E-state index in [0.717, 1.165) is 5.56 Å². The van der Waals surface area contributed by atoms with Gasteiger partial charge < -0.3 is 15.0 Å². The highest BCUT2D eigenvalue weighted by Crippen LogP contribution is 2.21. The lowest BCUT2D eigenvalue weighted by Gasteiger charge is -2.22. The van der Waals surface area contributed by atoms with Gasteiger partial charge in [-0.1, -0.05) is 54.6 Å². The normalized spacial score (nSPS) is 16.4. The predicted octanol–water partition coefficient (Wildman–Crippen LogP) is 3.30. The van der Waals surface area contributed by atoms with Crippen LogP contribution in [0.4, 0.5) is 0 Å². The predicted molar refractivity (Wildman–Crippen MR) is 113 cm³/mol. The lowest BCUT2D eigenvalue weighted by molar-refractivity contribution is -0.143. The van der Waals surface area contributed by atoms with Crippen LogP contribution >= 0.6 is 0 Å². The molecule has 1 aliphatic heterocycles. The van der Waals surface area contributed by atoms with Crippen molar-refractivity contribution in [3.63, 3.8) is 0 Å². The van der Waals surface area contributed by atoms with Gasteiger partial charge in [0.2, 0.25) is 0 Å². The van der Waals surface area contributed by atoms with E-state index in [1.807, 2.05) is 36.4 Å². The van der Waals surface area contributed by atoms with E-state index in [4.69, 9.17) is 4.74 Å². The third-order valence-electron chi connectivity index (χ3n) is 4.92. The van der Waals surface area contributed by atoms with Gasteiger partial charge in [0.25, 0.3) is 11.8 Å². The molecule has 1 N–H and O–H groups in total. The van der Waals surface area contributed by atoms with Gasteiger partial charge in [0.15, 0.2) is 0 Å². The van der Waals surface area contributed by atoms with E-state index >= 15 is 0 Å². The van der Waals surface area contributed by atoms with Crippen molar-refractivity contribution in [3.8, 4) is 0 Å². The molecule has 6 heteroatoms. The van der Waals surface area contributed by atoms with Gasteiger partial charge in [-0.15, -0.1) is 0 Å². The van der Waals surface area contributed by atoms with E-state index in [0.29, 0.717) is 31.7 Å². The average molecular weight is 406 g/mol. The molecule has 0 saturated heterocycles. The summed E-state index contributed by atoms with van der Waals surface area (Å²) in [7, 11) is 0. The van der Waals surface area contributed by atoms with E-state index in [1.54, 1.807) is 42.2 Å². The molecule has 2 aromatic carbocycles. The number of esters is 1. The Morgan fingerprint density at radius 3 is 2.40 bits per heavy atom. The van der Waals surface area contributed by atoms with Gasteiger partial charge in [0.05, 0.1) is 13.0 Å². The first kappa shape index (κ1) is 21.3. The molecule has 3 rings (SSSR count). The van der Waals surface area contributed by atoms with Crippen LogP contribution in [0.1, 0.15) is 35.7 Å². The summed E-state index contributed by atoms with van der Waals surface area (Å²) >= 11 is 0. The molecule has 0 aliphatic carbocycles. The van der Waals surface area contributed by atoms with Crippen LogP contribution in [0, 0.1) is 5.92 Å². The number of ether oxygens (including phenoxy) is 1. The Morgan fingerprint density at radius 2 is 1.73 bits per heavy atom. The Kier molecular flexibility index (Phi) is 7.38. The monoisotopic (exact) mass is 406 g/mol. The number of hydrogen-bond acceptors (Lipinski definition) is 4. The first-order valence-corrected chi connectivity index (χ1v) is 10.1. The third-order valence-corrected chi connectivity index (χ3v) is 4.92. The molecule has 1 atom stereocenters. The second-order valence-electron chi connectivity index (χ2n) is 7.17. The Morgan fingerprint density at radius 1 is 1.07 bits per heavy atom. The summed E-state index contributed by atoms with van der Waals surface area (Å²) < 4.78 is 5.07. The van der Waals surface area contributed by atoms with Crippen molar-refractivity contribution >= 4 is 17.8 Å². The molecule has 1 heterocycles. The standard InChI is InChI=1S/C24H26N2O4/c1-2-30-22(27)16-19-13-14-26(17-18-9-5-3-6-10-18)24(29)21(15-19)25-23(28)20-11-7-4-8-12-20/h3-12,15,19H,2,13-14,16-17H2,1H3,(H,25,28). The van der Waals surface area contributed by atoms with E-state index in [1.165, 1.54) is 0 Å². The van der Waals surface area contributed by atoms with E-state index in [2.05, 4.69) is 5.32 Å². The van der Waals surface area contributed by atoms with Gasteiger partial charge in [-0.3, -0.25) is 14.4 Å². The van der Waals surface area contributed by atoms with Crippen LogP contribution in [-0.2, 0) is 20.9 Å². The maximum atomic E-state index is 13.2. The van der Waals surface area contributed by atoms with Crippen molar-refractivity contribution in [2.24, 2.45) is 5.92 Å². The zero-order chi connectivity index (χ0) is 21.3. The molecular formula is C24H26N2O4. The molecule has 0 radical (unpaired) electrons. The lowest BCUT2D eigenvalue weighted by atomic mass is 10.0. The zero-order valence-corrected chi connectivity index (χ0v) is 17.0. The highest BCUT2D eigenvalue weighted by atomic mass is 16.5. The smallest absolute Gasteiger partial charge is 0.306 e. The molecule has 30 heavy (non-hydrogen) atoms. The zero-order valence-electron chi connectivity index (χ0n) is 17.0. The number of amides is 2. The molecule has 156 valence electrons. The van der Waals surface area contributed by atoms with Crippen LogP contribution in [0.15, 0.2) is 72.4 Å². The first-order chi connectivity index (χ1) is 14.6. The largest absolute Gasteiger partial charge is 0.466 e. The van der Waals surface area contributed by atoms with Crippen LogP contribution in [0.5, 0.6) is 0 Å². The van der Waals surface area contributed by atoms with Crippen molar-refractivity contribution in [2.75, 3.05) is 13.2 Å². The van der Waals surface area contributed by atoms with E-state index in [9.17, 15) is 14.4 Å². The molecular weight excluding hydrogens is 380 g/mol. The molecule has 2 aromatic rings. The third kappa shape index (κ3) is 5.80. The summed E-state index contributed by atoms with van der Waals surface area (Å²) in [6.45, 7) is 2.99. The number of carbonyl (C=O) groups excluding carboxylic acids is 3. The fourth-order valence-corrected chi connectivity index (χ4v) is 3.41. The van der Waals surface area contributed by atoms with Crippen LogP contribution in [0.25, 0.3) is 0 Å². The topological polar surface area (TPSA) is 75.7 Å². The van der Waals surface area contributed by atoms with Crippen LogP contribution < -0.4 is 5.32 Å². The quantitative estimate of drug-likeness (QED) is 0.716. The molecule has 0 spiro atoms. The summed E-state index contributed by atoms with van der Waals surface area (Å²) in [5, 5.41) is 2.75. The van der Waals surface area contributed by atoms with Crippen molar-refractivity contribution in [1.29, 1.82) is 0 Å². The van der Waals surface area contributed by atoms with Crippen molar-refractivity contribution in [3.05, 3.63) is 83.6 Å². The lowest BCUT2D eigenvalue weighted by Crippen LogP contribution is -2.37. The van der Waals surface area contributed by atoms with Crippen molar-refractivity contribution in [2.45, 2.75) is 26.3 Å². The molecule has 1 aliphatic rings. The average Bonchev–Trinajstić information content (AvgIpc) is 2.89. The first-order valence-electron chi connectivity index (χ1n) is 10.1. The van der Waals surface area contributed by atoms with E-state index in [-0.39, 0.29) is 35.8 Å². The number of allylic oxidation sites excluding steroid dienone is 1.